The molecule has 3 rings (SSSR count). The van der Waals surface area contributed by atoms with Crippen LogP contribution in [0.15, 0.2) is 48.5 Å². The molecule has 1 heterocycles. The fourth-order valence-corrected chi connectivity index (χ4v) is 6.38. The molecule has 0 aromatic heterocycles. The van der Waals surface area contributed by atoms with E-state index in [0.29, 0.717) is 38.0 Å². The fourth-order valence-electron chi connectivity index (χ4n) is 4.17. The van der Waals surface area contributed by atoms with Gasteiger partial charge in [0.2, 0.25) is 7.37 Å². The zero-order chi connectivity index (χ0) is 21.8. The molecular weight excluding hydrogens is 406 g/mol. The summed E-state index contributed by atoms with van der Waals surface area (Å²) in [5.74, 6) is -1.57. The van der Waals surface area contributed by atoms with E-state index in [1.165, 1.54) is 6.07 Å². The highest BCUT2D eigenvalue weighted by atomic mass is 31.2. The minimum absolute atomic E-state index is 0.0215. The van der Waals surface area contributed by atoms with E-state index in [0.717, 1.165) is 11.1 Å². The average Bonchev–Trinajstić information content (AvgIpc) is 2.71. The molecule has 2 unspecified atom stereocenters. The number of carboxylic acids is 1. The van der Waals surface area contributed by atoms with E-state index >= 15 is 0 Å². The Labute approximate surface area is 176 Å². The first-order valence-electron chi connectivity index (χ1n) is 10.1. The summed E-state index contributed by atoms with van der Waals surface area (Å²) in [6.07, 6.45) is 1.11. The first-order chi connectivity index (χ1) is 14.3. The van der Waals surface area contributed by atoms with Crippen LogP contribution in [0, 0.1) is 5.82 Å². The van der Waals surface area contributed by atoms with Gasteiger partial charge < -0.3 is 15.7 Å². The van der Waals surface area contributed by atoms with Crippen LogP contribution in [0.3, 0.4) is 0 Å². The molecule has 1 aliphatic rings. The third-order valence-corrected chi connectivity index (χ3v) is 8.59. The standard InChI is InChI=1S/C22H28FN2O4P/c23-20-10-4-3-9-19(20)18-8-2-1-7-17(18)15-25-13-14-30(28,29)22(16-25,21(26)27)11-5-6-12-24/h1-4,7-10H,5-6,11-16,24H2,(H,26,27)(H,28,29). The second-order valence-corrected chi connectivity index (χ2v) is 10.6. The second kappa shape index (κ2) is 9.40. The number of aliphatic carboxylic acids is 1. The summed E-state index contributed by atoms with van der Waals surface area (Å²) in [6.45, 7) is 1.07. The van der Waals surface area contributed by atoms with Gasteiger partial charge in [-0.3, -0.25) is 14.3 Å². The van der Waals surface area contributed by atoms with E-state index in [-0.39, 0.29) is 24.9 Å². The molecule has 4 N–H and O–H groups in total. The minimum atomic E-state index is -3.89. The molecule has 1 fully saturated rings. The Morgan fingerprint density at radius 3 is 2.47 bits per heavy atom. The molecule has 2 aromatic rings. The highest BCUT2D eigenvalue weighted by molar-refractivity contribution is 7.61. The maximum absolute atomic E-state index is 14.4. The fraction of sp³-hybridized carbons (Fsp3) is 0.409. The predicted molar refractivity (Wildman–Crippen MR) is 115 cm³/mol. The van der Waals surface area contributed by atoms with Gasteiger partial charge in [-0.25, -0.2) is 4.39 Å². The van der Waals surface area contributed by atoms with Gasteiger partial charge in [-0.1, -0.05) is 48.9 Å². The number of carbonyl (C=O) groups is 1. The Bertz CT molecular complexity index is 954. The molecular formula is C22H28FN2O4P. The van der Waals surface area contributed by atoms with Gasteiger partial charge in [-0.2, -0.15) is 0 Å². The molecule has 30 heavy (non-hydrogen) atoms. The number of hydrogen-bond donors (Lipinski definition) is 3. The van der Waals surface area contributed by atoms with E-state index in [9.17, 15) is 23.7 Å². The van der Waals surface area contributed by atoms with Gasteiger partial charge in [0.1, 0.15) is 5.82 Å². The lowest BCUT2D eigenvalue weighted by Crippen LogP contribution is -2.53. The number of hydrogen-bond acceptors (Lipinski definition) is 4. The number of carboxylic acid groups (broad SMARTS) is 1. The normalized spacial score (nSPS) is 24.6. The van der Waals surface area contributed by atoms with Crippen LogP contribution in [0.2, 0.25) is 0 Å². The van der Waals surface area contributed by atoms with Crippen molar-refractivity contribution in [2.75, 3.05) is 25.8 Å². The number of halogens is 1. The SMILES string of the molecule is NCCCCC1(C(=O)O)CN(Cc2ccccc2-c2ccccc2F)CCP1(=O)O. The largest absolute Gasteiger partial charge is 0.480 e. The molecule has 6 nitrogen and oxygen atoms in total. The summed E-state index contributed by atoms with van der Waals surface area (Å²) >= 11 is 0. The van der Waals surface area contributed by atoms with Gasteiger partial charge in [-0.05, 0) is 36.6 Å². The summed E-state index contributed by atoms with van der Waals surface area (Å²) in [6, 6.07) is 13.9. The van der Waals surface area contributed by atoms with Crippen molar-refractivity contribution in [1.29, 1.82) is 0 Å². The van der Waals surface area contributed by atoms with Crippen LogP contribution in [-0.2, 0) is 15.9 Å². The molecule has 0 saturated carbocycles. The molecule has 0 bridgehead atoms. The Kier molecular flexibility index (Phi) is 7.09. The molecule has 2 atom stereocenters. The molecule has 0 amide bonds. The average molecular weight is 434 g/mol. The van der Waals surface area contributed by atoms with Crippen molar-refractivity contribution in [3.8, 4) is 11.1 Å². The van der Waals surface area contributed by atoms with Crippen LogP contribution < -0.4 is 5.73 Å². The minimum Gasteiger partial charge on any atom is -0.480 e. The maximum Gasteiger partial charge on any atom is 0.320 e. The third-order valence-electron chi connectivity index (χ3n) is 5.89. The summed E-state index contributed by atoms with van der Waals surface area (Å²) in [4.78, 5) is 24.6. The predicted octanol–water partition coefficient (Wildman–Crippen LogP) is 3.53. The van der Waals surface area contributed by atoms with Crippen molar-refractivity contribution >= 4 is 13.3 Å². The van der Waals surface area contributed by atoms with Crippen molar-refractivity contribution in [2.45, 2.75) is 31.0 Å². The quantitative estimate of drug-likeness (QED) is 0.434. The first kappa shape index (κ1) is 22.6. The Hall–Kier alpha value is -2.05. The number of nitrogens with zero attached hydrogens (tertiary/aromatic N) is 1. The van der Waals surface area contributed by atoms with Gasteiger partial charge in [0.15, 0.2) is 5.16 Å². The van der Waals surface area contributed by atoms with Crippen LogP contribution in [-0.4, -0.2) is 51.8 Å². The number of nitrogens with two attached hydrogens (primary N) is 1. The monoisotopic (exact) mass is 434 g/mol. The Balaban J connectivity index is 1.89. The molecule has 1 aliphatic heterocycles. The zero-order valence-corrected chi connectivity index (χ0v) is 17.7. The molecule has 0 spiro atoms. The molecule has 8 heteroatoms. The van der Waals surface area contributed by atoms with Crippen molar-refractivity contribution in [2.24, 2.45) is 5.73 Å². The van der Waals surface area contributed by atoms with E-state index in [1.807, 2.05) is 29.2 Å². The van der Waals surface area contributed by atoms with Crippen LogP contribution in [0.4, 0.5) is 4.39 Å². The summed E-state index contributed by atoms with van der Waals surface area (Å²) in [5.41, 5.74) is 7.58. The summed E-state index contributed by atoms with van der Waals surface area (Å²) in [7, 11) is -3.89. The van der Waals surface area contributed by atoms with Gasteiger partial charge in [0, 0.05) is 31.4 Å². The van der Waals surface area contributed by atoms with Crippen LogP contribution in [0.1, 0.15) is 24.8 Å². The topological polar surface area (TPSA) is 104 Å². The van der Waals surface area contributed by atoms with Crippen molar-refractivity contribution in [3.63, 3.8) is 0 Å². The van der Waals surface area contributed by atoms with E-state index in [2.05, 4.69) is 0 Å². The highest BCUT2D eigenvalue weighted by Crippen LogP contribution is 2.59. The van der Waals surface area contributed by atoms with E-state index in [4.69, 9.17) is 5.73 Å². The third kappa shape index (κ3) is 4.49. The lowest BCUT2D eigenvalue weighted by molar-refractivity contribution is -0.141. The van der Waals surface area contributed by atoms with Gasteiger partial charge in [0.25, 0.3) is 0 Å². The van der Waals surface area contributed by atoms with Gasteiger partial charge >= 0.3 is 5.97 Å². The molecule has 0 radical (unpaired) electrons. The Morgan fingerprint density at radius 2 is 1.80 bits per heavy atom. The van der Waals surface area contributed by atoms with Gasteiger partial charge in [0.05, 0.1) is 0 Å². The lowest BCUT2D eigenvalue weighted by atomic mass is 9.97. The summed E-state index contributed by atoms with van der Waals surface area (Å²) in [5, 5.41) is 8.24. The molecule has 1 saturated heterocycles. The Morgan fingerprint density at radius 1 is 1.13 bits per heavy atom. The number of benzene rings is 2. The van der Waals surface area contributed by atoms with Crippen molar-refractivity contribution in [1.82, 2.24) is 4.90 Å². The summed E-state index contributed by atoms with van der Waals surface area (Å²) < 4.78 is 27.3. The smallest absolute Gasteiger partial charge is 0.320 e. The van der Waals surface area contributed by atoms with Crippen LogP contribution >= 0.6 is 7.37 Å². The van der Waals surface area contributed by atoms with Crippen molar-refractivity contribution < 1.29 is 23.7 Å². The molecule has 0 aliphatic carbocycles. The van der Waals surface area contributed by atoms with Crippen molar-refractivity contribution in [3.05, 3.63) is 59.9 Å². The van der Waals surface area contributed by atoms with E-state index < -0.39 is 18.5 Å². The molecule has 162 valence electrons. The van der Waals surface area contributed by atoms with E-state index in [1.54, 1.807) is 18.2 Å². The number of unbranched alkanes of at least 4 members (excludes halogenated alkanes) is 1. The number of rotatable bonds is 8. The maximum atomic E-state index is 14.4. The van der Waals surface area contributed by atoms with Crippen LogP contribution in [0.5, 0.6) is 0 Å². The van der Waals surface area contributed by atoms with Gasteiger partial charge in [-0.15, -0.1) is 0 Å². The highest BCUT2D eigenvalue weighted by Gasteiger charge is 2.56. The first-order valence-corrected chi connectivity index (χ1v) is 12.0. The zero-order valence-electron chi connectivity index (χ0n) is 16.8. The molecule has 2 aromatic carbocycles. The second-order valence-electron chi connectivity index (χ2n) is 7.86. The van der Waals surface area contributed by atoms with Crippen LogP contribution in [0.25, 0.3) is 11.1 Å². The lowest BCUT2D eigenvalue weighted by Gasteiger charge is -2.43.